The van der Waals surface area contributed by atoms with E-state index < -0.39 is 0 Å². The van der Waals surface area contributed by atoms with Gasteiger partial charge in [0.1, 0.15) is 18.4 Å². The number of H-pyrrole nitrogens is 1. The Kier molecular flexibility index (Phi) is 7.07. The van der Waals surface area contributed by atoms with Gasteiger partial charge in [-0.1, -0.05) is 18.1 Å². The van der Waals surface area contributed by atoms with Gasteiger partial charge in [-0.2, -0.15) is 10.4 Å². The number of aryl methyl sites for hydroxylation is 1. The van der Waals surface area contributed by atoms with Crippen LogP contribution < -0.4 is 9.64 Å². The molecule has 2 aromatic carbocycles. The Morgan fingerprint density at radius 2 is 1.98 bits per heavy atom. The van der Waals surface area contributed by atoms with E-state index >= 15 is 0 Å². The number of nitrogens with one attached hydrogen (secondary N) is 1. The fourth-order valence-electron chi connectivity index (χ4n) is 6.30. The van der Waals surface area contributed by atoms with E-state index in [2.05, 4.69) is 51.0 Å². The summed E-state index contributed by atoms with van der Waals surface area (Å²) in [5.74, 6) is 6.04. The molecule has 1 spiro atoms. The Labute approximate surface area is 239 Å². The monoisotopic (exact) mass is 544 g/mol. The summed E-state index contributed by atoms with van der Waals surface area (Å²) in [6, 6.07) is 16.3. The van der Waals surface area contributed by atoms with Gasteiger partial charge in [-0.15, -0.1) is 0 Å². The molecule has 4 aromatic rings. The number of rotatable bonds is 5. The lowest BCUT2D eigenvalue weighted by Gasteiger charge is -2.40. The van der Waals surface area contributed by atoms with Crippen LogP contribution in [0.2, 0.25) is 0 Å². The second-order valence-corrected chi connectivity index (χ2v) is 11.0. The highest BCUT2D eigenvalue weighted by molar-refractivity contribution is 5.99. The minimum absolute atomic E-state index is 0.0789. The second-order valence-electron chi connectivity index (χ2n) is 11.0. The highest BCUT2D eigenvalue weighted by atomic mass is 16.5. The van der Waals surface area contributed by atoms with E-state index in [-0.39, 0.29) is 11.3 Å². The largest absolute Gasteiger partial charge is 0.487 e. The number of carbonyl (C=O) groups excluding carboxylic acids is 1. The number of anilines is 1. The van der Waals surface area contributed by atoms with Gasteiger partial charge in [0.25, 0.3) is 5.91 Å². The van der Waals surface area contributed by atoms with Crippen LogP contribution in [-0.2, 0) is 11.4 Å². The lowest BCUT2D eigenvalue weighted by Crippen LogP contribution is -2.42. The Bertz CT molecular complexity index is 1700. The van der Waals surface area contributed by atoms with Crippen molar-refractivity contribution in [3.63, 3.8) is 0 Å². The highest BCUT2D eigenvalue weighted by Crippen LogP contribution is 2.44. The summed E-state index contributed by atoms with van der Waals surface area (Å²) in [6.45, 7) is 7.19. The topological polar surface area (TPSA) is 98.1 Å². The average molecular weight is 545 g/mol. The summed E-state index contributed by atoms with van der Waals surface area (Å²) < 4.78 is 6.30. The number of carbonyl (C=O) groups is 1. The summed E-state index contributed by atoms with van der Waals surface area (Å²) in [5, 5.41) is 18.9. The fraction of sp³-hybridized carbons (Fsp3) is 0.333. The van der Waals surface area contributed by atoms with Crippen molar-refractivity contribution in [2.45, 2.75) is 39.7 Å². The van der Waals surface area contributed by atoms with E-state index in [1.165, 1.54) is 0 Å². The minimum Gasteiger partial charge on any atom is -0.487 e. The molecule has 8 heteroatoms. The molecule has 2 aliphatic heterocycles. The van der Waals surface area contributed by atoms with Crippen LogP contribution in [-0.4, -0.2) is 52.2 Å². The third kappa shape index (κ3) is 5.10. The maximum atomic E-state index is 12.4. The quantitative estimate of drug-likeness (QED) is 0.346. The van der Waals surface area contributed by atoms with Gasteiger partial charge in [-0.25, -0.2) is 0 Å². The van der Waals surface area contributed by atoms with E-state index in [0.717, 1.165) is 84.4 Å². The van der Waals surface area contributed by atoms with Crippen molar-refractivity contribution in [1.29, 1.82) is 5.26 Å². The lowest BCUT2D eigenvalue weighted by atomic mass is 9.77. The van der Waals surface area contributed by atoms with Crippen LogP contribution in [0.3, 0.4) is 0 Å². The van der Waals surface area contributed by atoms with Crippen molar-refractivity contribution < 1.29 is 9.53 Å². The number of nitrogens with zero attached hydrogens (tertiary/aromatic N) is 5. The first-order valence-corrected chi connectivity index (χ1v) is 14.0. The number of aromatic amines is 1. The predicted octanol–water partition coefficient (Wildman–Crippen LogP) is 5.23. The Morgan fingerprint density at radius 3 is 2.73 bits per heavy atom. The van der Waals surface area contributed by atoms with Crippen molar-refractivity contribution >= 4 is 22.5 Å². The standard InChI is InChI=1S/C33H32N6O2/c1-3-6-31(40)39-16-12-33(22-39)10-14-38(15-11-33)30-18-25(41-21-24-7-4-5-13-35-24)17-26(27(30)19-34)32-23(2)8-9-29-28(32)20-36-37-29/h4-5,7-9,13,17-18,20H,10-12,14-16,21-22H2,1-2H3,(H,36,37). The number of aromatic nitrogens is 3. The number of ether oxygens (including phenoxy) is 1. The summed E-state index contributed by atoms with van der Waals surface area (Å²) in [4.78, 5) is 21.0. The van der Waals surface area contributed by atoms with Crippen LogP contribution in [0.25, 0.3) is 22.0 Å². The van der Waals surface area contributed by atoms with Crippen LogP contribution in [0.15, 0.2) is 54.9 Å². The van der Waals surface area contributed by atoms with Crippen LogP contribution in [0.1, 0.15) is 43.0 Å². The third-order valence-corrected chi connectivity index (χ3v) is 8.54. The molecular formula is C33H32N6O2. The zero-order valence-electron chi connectivity index (χ0n) is 23.4. The van der Waals surface area contributed by atoms with Gasteiger partial charge in [-0.3, -0.25) is 14.9 Å². The molecule has 2 aromatic heterocycles. The molecule has 0 atom stereocenters. The molecule has 2 aliphatic rings. The van der Waals surface area contributed by atoms with Crippen LogP contribution in [0.4, 0.5) is 5.69 Å². The van der Waals surface area contributed by atoms with Gasteiger partial charge in [0, 0.05) is 49.4 Å². The molecule has 0 saturated carbocycles. The van der Waals surface area contributed by atoms with E-state index in [4.69, 9.17) is 4.74 Å². The van der Waals surface area contributed by atoms with Crippen molar-refractivity contribution in [3.05, 3.63) is 71.7 Å². The molecule has 0 bridgehead atoms. The zero-order valence-corrected chi connectivity index (χ0v) is 23.4. The number of benzene rings is 2. The fourth-order valence-corrected chi connectivity index (χ4v) is 6.30. The second kappa shape index (κ2) is 11.0. The Morgan fingerprint density at radius 1 is 1.15 bits per heavy atom. The summed E-state index contributed by atoms with van der Waals surface area (Å²) >= 11 is 0. The Hall–Kier alpha value is -4.82. The minimum atomic E-state index is -0.0789. The number of piperidine rings is 1. The number of pyridine rings is 1. The molecule has 0 radical (unpaired) electrons. The summed E-state index contributed by atoms with van der Waals surface area (Å²) in [7, 11) is 0. The van der Waals surface area contributed by atoms with Crippen LogP contribution >= 0.6 is 0 Å². The molecule has 2 fully saturated rings. The third-order valence-electron chi connectivity index (χ3n) is 8.54. The average Bonchev–Trinajstić information content (AvgIpc) is 3.64. The molecule has 4 heterocycles. The number of amides is 1. The number of nitriles is 1. The van der Waals surface area contributed by atoms with E-state index in [9.17, 15) is 10.1 Å². The van der Waals surface area contributed by atoms with E-state index in [0.29, 0.717) is 17.9 Å². The first kappa shape index (κ1) is 26.4. The van der Waals surface area contributed by atoms with Gasteiger partial charge < -0.3 is 14.5 Å². The predicted molar refractivity (Wildman–Crippen MR) is 158 cm³/mol. The van der Waals surface area contributed by atoms with Crippen LogP contribution in [0.5, 0.6) is 5.75 Å². The van der Waals surface area contributed by atoms with Gasteiger partial charge in [0.05, 0.1) is 28.7 Å². The highest BCUT2D eigenvalue weighted by Gasteiger charge is 2.42. The molecular weight excluding hydrogens is 512 g/mol. The molecule has 1 amide bonds. The van der Waals surface area contributed by atoms with Crippen molar-refractivity contribution in [3.8, 4) is 34.8 Å². The summed E-state index contributed by atoms with van der Waals surface area (Å²) in [5.41, 5.74) is 6.23. The molecule has 2 saturated heterocycles. The van der Waals surface area contributed by atoms with Gasteiger partial charge in [-0.05, 0) is 79.8 Å². The molecule has 206 valence electrons. The molecule has 41 heavy (non-hydrogen) atoms. The molecule has 0 aliphatic carbocycles. The first-order valence-electron chi connectivity index (χ1n) is 14.0. The van der Waals surface area contributed by atoms with Crippen molar-refractivity contribution in [1.82, 2.24) is 20.1 Å². The van der Waals surface area contributed by atoms with Crippen molar-refractivity contribution in [2.75, 3.05) is 31.1 Å². The van der Waals surface area contributed by atoms with Gasteiger partial charge in [0.15, 0.2) is 0 Å². The maximum Gasteiger partial charge on any atom is 0.298 e. The Balaban J connectivity index is 1.36. The van der Waals surface area contributed by atoms with Crippen LogP contribution in [0, 0.1) is 35.5 Å². The number of fused-ring (bicyclic) bond motifs is 1. The number of hydrogen-bond donors (Lipinski definition) is 1. The van der Waals surface area contributed by atoms with E-state index in [1.807, 2.05) is 47.5 Å². The maximum absolute atomic E-state index is 12.4. The SMILES string of the molecule is CC#CC(=O)N1CCC2(CCN(c3cc(OCc4ccccn4)cc(-c4c(C)ccc5[nH]ncc45)c3C#N)CC2)C1. The zero-order chi connectivity index (χ0) is 28.4. The van der Waals surface area contributed by atoms with Gasteiger partial charge >= 0.3 is 0 Å². The first-order chi connectivity index (χ1) is 20.0. The molecule has 1 N–H and O–H groups in total. The molecule has 6 rings (SSSR count). The lowest BCUT2D eigenvalue weighted by molar-refractivity contribution is -0.124. The van der Waals surface area contributed by atoms with Crippen molar-refractivity contribution in [2.24, 2.45) is 5.41 Å². The molecule has 8 nitrogen and oxygen atoms in total. The number of likely N-dealkylation sites (tertiary alicyclic amines) is 1. The summed E-state index contributed by atoms with van der Waals surface area (Å²) in [6.07, 6.45) is 6.47. The van der Waals surface area contributed by atoms with E-state index in [1.54, 1.807) is 13.1 Å². The number of hydrogen-bond acceptors (Lipinski definition) is 6. The normalized spacial score (nSPS) is 15.9. The molecule has 0 unspecified atom stereocenters. The van der Waals surface area contributed by atoms with Gasteiger partial charge in [0.2, 0.25) is 0 Å². The smallest absolute Gasteiger partial charge is 0.298 e.